The Morgan fingerprint density at radius 1 is 0.241 bits per heavy atom. The van der Waals surface area contributed by atoms with Crippen molar-refractivity contribution in [3.8, 4) is 0 Å². The maximum absolute atomic E-state index is 13.0. The molecule has 0 fully saturated rings. The first-order valence-electron chi connectivity index (χ1n) is 37.5. The smallest absolute Gasteiger partial charge is 0.306 e. The lowest BCUT2D eigenvalue weighted by molar-refractivity contribution is -0.167. The average Bonchev–Trinajstić information content (AvgIpc) is 3.49. The average molecular weight is 1170 g/mol. The van der Waals surface area contributed by atoms with Gasteiger partial charge in [-0.25, -0.2) is 0 Å². The molecule has 0 aliphatic rings. The molecule has 0 heterocycles. The summed E-state index contributed by atoms with van der Waals surface area (Å²) in [6, 6.07) is 0. The molecule has 0 aliphatic carbocycles. The van der Waals surface area contributed by atoms with Gasteiger partial charge in [0.05, 0.1) is 0 Å². The molecule has 0 aromatic rings. The van der Waals surface area contributed by atoms with Crippen LogP contribution in [0.3, 0.4) is 0 Å². The van der Waals surface area contributed by atoms with Crippen LogP contribution in [0.1, 0.15) is 419 Å². The zero-order valence-electron chi connectivity index (χ0n) is 56.2. The van der Waals surface area contributed by atoms with Gasteiger partial charge in [0.25, 0.3) is 0 Å². The van der Waals surface area contributed by atoms with Crippen LogP contribution < -0.4 is 0 Å². The van der Waals surface area contributed by atoms with E-state index in [2.05, 4.69) is 57.2 Å². The van der Waals surface area contributed by atoms with Gasteiger partial charge in [0.1, 0.15) is 13.2 Å². The zero-order chi connectivity index (χ0) is 59.9. The Morgan fingerprint density at radius 2 is 0.434 bits per heavy atom. The first-order valence-corrected chi connectivity index (χ1v) is 37.5. The molecule has 0 saturated carbocycles. The summed E-state index contributed by atoms with van der Waals surface area (Å²) < 4.78 is 17.0. The highest BCUT2D eigenvalue weighted by Gasteiger charge is 2.20. The van der Waals surface area contributed by atoms with Crippen molar-refractivity contribution in [3.05, 3.63) is 36.5 Å². The monoisotopic (exact) mass is 1170 g/mol. The Hall–Kier alpha value is -2.37. The molecule has 1 unspecified atom stereocenters. The molecule has 0 spiro atoms. The van der Waals surface area contributed by atoms with Crippen LogP contribution in [-0.2, 0) is 28.6 Å². The van der Waals surface area contributed by atoms with E-state index in [-0.39, 0.29) is 31.1 Å². The van der Waals surface area contributed by atoms with Crippen LogP contribution in [0.4, 0.5) is 0 Å². The van der Waals surface area contributed by atoms with Gasteiger partial charge in [0.2, 0.25) is 0 Å². The summed E-state index contributed by atoms with van der Waals surface area (Å²) in [5.41, 5.74) is 0. The van der Waals surface area contributed by atoms with E-state index in [0.29, 0.717) is 19.3 Å². The number of hydrogen-bond acceptors (Lipinski definition) is 6. The van der Waals surface area contributed by atoms with Gasteiger partial charge in [0, 0.05) is 19.3 Å². The van der Waals surface area contributed by atoms with E-state index in [1.54, 1.807) is 0 Å². The number of esters is 3. The lowest BCUT2D eigenvalue weighted by Gasteiger charge is -2.18. The standard InChI is InChI=1S/C77H144O6/c1-4-7-10-13-16-19-22-25-28-31-34-35-36-37-38-39-40-41-42-43-44-47-49-52-55-58-61-64-67-70-76(79)82-73-74(83-77(80)71-68-65-62-59-56-53-50-46-33-30-27-24-21-18-15-12-9-6-3)72-81-75(78)69-66-63-60-57-54-51-48-45-32-29-26-23-20-17-14-11-8-5-2/h22,25,30-31,33-34,74H,4-21,23-24,26-29,32,35-73H2,1-3H3/b25-22-,33-30-,34-31-. The first kappa shape index (κ1) is 80.6. The molecule has 0 aromatic heterocycles. The van der Waals surface area contributed by atoms with E-state index < -0.39 is 6.10 Å². The van der Waals surface area contributed by atoms with E-state index in [4.69, 9.17) is 14.2 Å². The molecule has 0 radical (unpaired) electrons. The van der Waals surface area contributed by atoms with E-state index in [1.807, 2.05) is 0 Å². The number of unbranched alkanes of at least 4 members (excludes halogenated alkanes) is 53. The maximum atomic E-state index is 13.0. The third-order valence-corrected chi connectivity index (χ3v) is 17.1. The van der Waals surface area contributed by atoms with Gasteiger partial charge in [0.15, 0.2) is 6.10 Å². The van der Waals surface area contributed by atoms with Crippen LogP contribution in [0.5, 0.6) is 0 Å². The lowest BCUT2D eigenvalue weighted by Crippen LogP contribution is -2.30. The van der Waals surface area contributed by atoms with Crippen molar-refractivity contribution in [2.24, 2.45) is 0 Å². The highest BCUT2D eigenvalue weighted by molar-refractivity contribution is 5.71. The maximum Gasteiger partial charge on any atom is 0.306 e. The Kier molecular flexibility index (Phi) is 70.0. The minimum Gasteiger partial charge on any atom is -0.462 e. The highest BCUT2D eigenvalue weighted by Crippen LogP contribution is 2.19. The van der Waals surface area contributed by atoms with E-state index in [9.17, 15) is 14.4 Å². The van der Waals surface area contributed by atoms with Crippen molar-refractivity contribution >= 4 is 17.9 Å². The summed E-state index contributed by atoms with van der Waals surface area (Å²) in [5, 5.41) is 0. The number of hydrogen-bond donors (Lipinski definition) is 0. The molecule has 83 heavy (non-hydrogen) atoms. The zero-order valence-corrected chi connectivity index (χ0v) is 56.2. The number of rotatable bonds is 70. The fraction of sp³-hybridized carbons (Fsp3) is 0.883. The first-order chi connectivity index (χ1) is 41.0. The predicted molar refractivity (Wildman–Crippen MR) is 362 cm³/mol. The highest BCUT2D eigenvalue weighted by atomic mass is 16.6. The summed E-state index contributed by atoms with van der Waals surface area (Å²) in [4.78, 5) is 38.5. The normalized spacial score (nSPS) is 12.2. The second-order valence-electron chi connectivity index (χ2n) is 25.6. The van der Waals surface area contributed by atoms with Gasteiger partial charge in [-0.2, -0.15) is 0 Å². The fourth-order valence-electron chi connectivity index (χ4n) is 11.5. The summed E-state index contributed by atoms with van der Waals surface area (Å²) in [5.74, 6) is -0.838. The van der Waals surface area contributed by atoms with Gasteiger partial charge >= 0.3 is 17.9 Å². The molecule has 0 amide bonds. The fourth-order valence-corrected chi connectivity index (χ4v) is 11.5. The molecular weight excluding hydrogens is 1020 g/mol. The molecule has 6 nitrogen and oxygen atoms in total. The number of carbonyl (C=O) groups excluding carboxylic acids is 3. The largest absolute Gasteiger partial charge is 0.462 e. The van der Waals surface area contributed by atoms with Crippen molar-refractivity contribution in [3.63, 3.8) is 0 Å². The Labute approximate surface area is 518 Å². The summed E-state index contributed by atoms with van der Waals surface area (Å²) >= 11 is 0. The number of carbonyl (C=O) groups is 3. The third-order valence-electron chi connectivity index (χ3n) is 17.1. The third kappa shape index (κ3) is 70.3. The van der Waals surface area contributed by atoms with Crippen LogP contribution in [0.2, 0.25) is 0 Å². The van der Waals surface area contributed by atoms with Crippen LogP contribution >= 0.6 is 0 Å². The quantitative estimate of drug-likeness (QED) is 0.0261. The predicted octanol–water partition coefficient (Wildman–Crippen LogP) is 25.9. The number of ether oxygens (including phenoxy) is 3. The topological polar surface area (TPSA) is 78.9 Å². The van der Waals surface area contributed by atoms with Crippen LogP contribution in [0.15, 0.2) is 36.5 Å². The molecule has 0 bridgehead atoms. The number of allylic oxidation sites excluding steroid dienone is 6. The second kappa shape index (κ2) is 72.1. The Morgan fingerprint density at radius 3 is 0.675 bits per heavy atom. The molecule has 0 N–H and O–H groups in total. The summed E-state index contributed by atoms with van der Waals surface area (Å²) in [6.07, 6.45) is 90.4. The van der Waals surface area contributed by atoms with E-state index in [1.165, 1.54) is 315 Å². The second-order valence-corrected chi connectivity index (χ2v) is 25.6. The van der Waals surface area contributed by atoms with Crippen LogP contribution in [-0.4, -0.2) is 37.2 Å². The van der Waals surface area contributed by atoms with Gasteiger partial charge < -0.3 is 14.2 Å². The molecule has 0 saturated heterocycles. The molecule has 0 aliphatic heterocycles. The molecule has 488 valence electrons. The van der Waals surface area contributed by atoms with Crippen molar-refractivity contribution in [1.82, 2.24) is 0 Å². The molecular formula is C77H144O6. The van der Waals surface area contributed by atoms with Crippen molar-refractivity contribution in [1.29, 1.82) is 0 Å². The SMILES string of the molecule is CCCCCCC/C=C\C/C=C\CCCCCCCCCCCCCCCCCCCC(=O)OCC(COC(=O)CCCCCCCCCCCCCCCCCCCC)OC(=O)CCCCCCCCC/C=C\CCCCCCCCC. The van der Waals surface area contributed by atoms with E-state index >= 15 is 0 Å². The lowest BCUT2D eigenvalue weighted by atomic mass is 10.0. The minimum absolute atomic E-state index is 0.0674. The van der Waals surface area contributed by atoms with Crippen molar-refractivity contribution < 1.29 is 28.6 Å². The van der Waals surface area contributed by atoms with Gasteiger partial charge in [-0.15, -0.1) is 0 Å². The van der Waals surface area contributed by atoms with E-state index in [0.717, 1.165) is 64.2 Å². The molecule has 0 aromatic carbocycles. The molecule has 6 heteroatoms. The molecule has 1 atom stereocenters. The molecule has 0 rings (SSSR count). The summed E-state index contributed by atoms with van der Waals surface area (Å²) in [7, 11) is 0. The minimum atomic E-state index is -0.773. The van der Waals surface area contributed by atoms with Crippen LogP contribution in [0.25, 0.3) is 0 Å². The van der Waals surface area contributed by atoms with Gasteiger partial charge in [-0.3, -0.25) is 14.4 Å². The van der Waals surface area contributed by atoms with Crippen molar-refractivity contribution in [2.75, 3.05) is 13.2 Å². The van der Waals surface area contributed by atoms with Crippen molar-refractivity contribution in [2.45, 2.75) is 425 Å². The summed E-state index contributed by atoms with van der Waals surface area (Å²) in [6.45, 7) is 6.71. The Bertz CT molecular complexity index is 1380. The Balaban J connectivity index is 4.23. The van der Waals surface area contributed by atoms with Crippen LogP contribution in [0, 0.1) is 0 Å². The van der Waals surface area contributed by atoms with Gasteiger partial charge in [-0.1, -0.05) is 359 Å². The van der Waals surface area contributed by atoms with Gasteiger partial charge in [-0.05, 0) is 77.0 Å².